The normalized spacial score (nSPS) is 16.1. The van der Waals surface area contributed by atoms with Crippen LogP contribution in [0, 0.1) is 5.92 Å². The van der Waals surface area contributed by atoms with Gasteiger partial charge < -0.3 is 10.5 Å². The van der Waals surface area contributed by atoms with Crippen molar-refractivity contribution in [1.82, 2.24) is 9.78 Å². The molecule has 1 unspecified atom stereocenters. The van der Waals surface area contributed by atoms with Gasteiger partial charge in [0.25, 0.3) is 0 Å². The van der Waals surface area contributed by atoms with Crippen molar-refractivity contribution in [2.24, 2.45) is 13.0 Å². The molecule has 0 saturated heterocycles. The van der Waals surface area contributed by atoms with Gasteiger partial charge in [-0.25, -0.2) is 0 Å². The molecule has 0 bridgehead atoms. The number of anilines is 1. The summed E-state index contributed by atoms with van der Waals surface area (Å²) in [6.07, 6.45) is 2.61. The van der Waals surface area contributed by atoms with Crippen LogP contribution in [0.5, 0.6) is 5.75 Å². The molecule has 1 aromatic carbocycles. The molecule has 1 fully saturated rings. The Morgan fingerprint density at radius 3 is 2.50 bits per heavy atom. The van der Waals surface area contributed by atoms with Gasteiger partial charge in [-0.3, -0.25) is 4.68 Å². The second-order valence-electron chi connectivity index (χ2n) is 5.62. The number of hydrogen-bond donors (Lipinski definition) is 1. The molecule has 2 N–H and O–H groups in total. The number of nitrogens with zero attached hydrogens (tertiary/aromatic N) is 2. The summed E-state index contributed by atoms with van der Waals surface area (Å²) in [5, 5.41) is 4.65. The van der Waals surface area contributed by atoms with Gasteiger partial charge in [0, 0.05) is 18.5 Å². The van der Waals surface area contributed by atoms with Crippen LogP contribution in [0.15, 0.2) is 24.3 Å². The second kappa shape index (κ2) is 4.85. The molecule has 0 spiro atoms. The Morgan fingerprint density at radius 1 is 1.30 bits per heavy atom. The molecule has 1 aliphatic carbocycles. The summed E-state index contributed by atoms with van der Waals surface area (Å²) in [5.74, 6) is 2.82. The smallest absolute Gasteiger partial charge is 0.129 e. The second-order valence-corrected chi connectivity index (χ2v) is 5.62. The Kier molecular flexibility index (Phi) is 3.16. The van der Waals surface area contributed by atoms with E-state index in [1.807, 2.05) is 19.2 Å². The standard InChI is InChI=1S/C16H21N3O/c1-10(11-4-5-11)15-14(16(17)19(2)18-15)12-6-8-13(20-3)9-7-12/h6-11H,4-5,17H2,1-3H3. The summed E-state index contributed by atoms with van der Waals surface area (Å²) in [6.45, 7) is 2.26. The van der Waals surface area contributed by atoms with E-state index in [0.717, 1.165) is 34.3 Å². The molecule has 1 aromatic heterocycles. The Labute approximate surface area is 119 Å². The highest BCUT2D eigenvalue weighted by molar-refractivity contribution is 5.77. The lowest BCUT2D eigenvalue weighted by Crippen LogP contribution is -2.00. The third kappa shape index (κ3) is 2.15. The molecular formula is C16H21N3O. The average Bonchev–Trinajstić information content (AvgIpc) is 3.26. The van der Waals surface area contributed by atoms with E-state index in [2.05, 4.69) is 24.2 Å². The maximum absolute atomic E-state index is 6.23. The van der Waals surface area contributed by atoms with Crippen molar-refractivity contribution in [3.8, 4) is 16.9 Å². The summed E-state index contributed by atoms with van der Waals surface area (Å²) in [6, 6.07) is 8.03. The van der Waals surface area contributed by atoms with E-state index in [0.29, 0.717) is 5.92 Å². The first-order valence-electron chi connectivity index (χ1n) is 7.08. The van der Waals surface area contributed by atoms with Crippen LogP contribution >= 0.6 is 0 Å². The zero-order valence-corrected chi connectivity index (χ0v) is 12.3. The first-order chi connectivity index (χ1) is 9.61. The molecule has 1 heterocycles. The van der Waals surface area contributed by atoms with Crippen molar-refractivity contribution in [2.45, 2.75) is 25.7 Å². The van der Waals surface area contributed by atoms with Gasteiger partial charge in [0.2, 0.25) is 0 Å². The number of nitrogen functional groups attached to an aromatic ring is 1. The molecule has 106 valence electrons. The highest BCUT2D eigenvalue weighted by Crippen LogP contribution is 2.45. The molecule has 20 heavy (non-hydrogen) atoms. The highest BCUT2D eigenvalue weighted by atomic mass is 16.5. The molecule has 0 amide bonds. The molecule has 0 radical (unpaired) electrons. The quantitative estimate of drug-likeness (QED) is 0.929. The average molecular weight is 271 g/mol. The first kappa shape index (κ1) is 13.0. The van der Waals surface area contributed by atoms with Crippen molar-refractivity contribution in [2.75, 3.05) is 12.8 Å². The van der Waals surface area contributed by atoms with Crippen LogP contribution in [0.1, 0.15) is 31.4 Å². The van der Waals surface area contributed by atoms with E-state index in [9.17, 15) is 0 Å². The fourth-order valence-corrected chi connectivity index (χ4v) is 2.75. The van der Waals surface area contributed by atoms with E-state index in [1.54, 1.807) is 11.8 Å². The Hall–Kier alpha value is -1.97. The van der Waals surface area contributed by atoms with Crippen LogP contribution in [0.3, 0.4) is 0 Å². The molecule has 4 heteroatoms. The number of aryl methyl sites for hydroxylation is 1. The zero-order chi connectivity index (χ0) is 14.3. The third-order valence-corrected chi connectivity index (χ3v) is 4.26. The minimum absolute atomic E-state index is 0.468. The summed E-state index contributed by atoms with van der Waals surface area (Å²) < 4.78 is 7.00. The minimum Gasteiger partial charge on any atom is -0.497 e. The van der Waals surface area contributed by atoms with Crippen LogP contribution in [-0.4, -0.2) is 16.9 Å². The van der Waals surface area contributed by atoms with Crippen LogP contribution in [0.4, 0.5) is 5.82 Å². The van der Waals surface area contributed by atoms with E-state index in [-0.39, 0.29) is 0 Å². The van der Waals surface area contributed by atoms with Crippen molar-refractivity contribution in [3.63, 3.8) is 0 Å². The van der Waals surface area contributed by atoms with E-state index >= 15 is 0 Å². The molecule has 0 aliphatic heterocycles. The lowest BCUT2D eigenvalue weighted by Gasteiger charge is -2.10. The van der Waals surface area contributed by atoms with Crippen molar-refractivity contribution in [3.05, 3.63) is 30.0 Å². The van der Waals surface area contributed by atoms with Crippen LogP contribution < -0.4 is 10.5 Å². The maximum Gasteiger partial charge on any atom is 0.129 e. The topological polar surface area (TPSA) is 53.1 Å². The summed E-state index contributed by atoms with van der Waals surface area (Å²) in [5.41, 5.74) is 9.54. The van der Waals surface area contributed by atoms with E-state index in [4.69, 9.17) is 10.5 Å². The maximum atomic E-state index is 6.23. The van der Waals surface area contributed by atoms with Gasteiger partial charge in [-0.05, 0) is 36.5 Å². The van der Waals surface area contributed by atoms with Crippen LogP contribution in [-0.2, 0) is 7.05 Å². The van der Waals surface area contributed by atoms with Crippen molar-refractivity contribution >= 4 is 5.82 Å². The molecule has 1 saturated carbocycles. The molecule has 4 nitrogen and oxygen atoms in total. The lowest BCUT2D eigenvalue weighted by molar-refractivity contribution is 0.415. The highest BCUT2D eigenvalue weighted by Gasteiger charge is 2.33. The van der Waals surface area contributed by atoms with Gasteiger partial charge >= 0.3 is 0 Å². The van der Waals surface area contributed by atoms with Gasteiger partial charge in [0.15, 0.2) is 0 Å². The largest absolute Gasteiger partial charge is 0.497 e. The number of methoxy groups -OCH3 is 1. The minimum atomic E-state index is 0.468. The first-order valence-corrected chi connectivity index (χ1v) is 7.08. The fourth-order valence-electron chi connectivity index (χ4n) is 2.75. The zero-order valence-electron chi connectivity index (χ0n) is 12.3. The Balaban J connectivity index is 2.06. The molecular weight excluding hydrogens is 250 g/mol. The number of hydrogen-bond acceptors (Lipinski definition) is 3. The Bertz CT molecular complexity index is 611. The van der Waals surface area contributed by atoms with E-state index < -0.39 is 0 Å². The number of nitrogens with two attached hydrogens (primary N) is 1. The number of aromatic nitrogens is 2. The summed E-state index contributed by atoms with van der Waals surface area (Å²) in [7, 11) is 3.58. The number of benzene rings is 1. The molecule has 1 aliphatic rings. The van der Waals surface area contributed by atoms with Gasteiger partial charge in [-0.15, -0.1) is 0 Å². The van der Waals surface area contributed by atoms with Gasteiger partial charge in [0.05, 0.1) is 12.8 Å². The SMILES string of the molecule is COc1ccc(-c2c(C(C)C3CC3)nn(C)c2N)cc1. The van der Waals surface area contributed by atoms with Crippen molar-refractivity contribution in [1.29, 1.82) is 0 Å². The summed E-state index contributed by atoms with van der Waals surface area (Å²) in [4.78, 5) is 0. The lowest BCUT2D eigenvalue weighted by atomic mass is 9.94. The third-order valence-electron chi connectivity index (χ3n) is 4.26. The van der Waals surface area contributed by atoms with Crippen molar-refractivity contribution < 1.29 is 4.74 Å². The Morgan fingerprint density at radius 2 is 1.95 bits per heavy atom. The summed E-state index contributed by atoms with van der Waals surface area (Å²) >= 11 is 0. The predicted octanol–water partition coefficient (Wildman–Crippen LogP) is 3.19. The molecule has 2 aromatic rings. The van der Waals surface area contributed by atoms with Gasteiger partial charge in [-0.2, -0.15) is 5.10 Å². The monoisotopic (exact) mass is 271 g/mol. The van der Waals surface area contributed by atoms with E-state index in [1.165, 1.54) is 12.8 Å². The van der Waals surface area contributed by atoms with Gasteiger partial charge in [-0.1, -0.05) is 19.1 Å². The predicted molar refractivity (Wildman–Crippen MR) is 80.7 cm³/mol. The number of ether oxygens (including phenoxy) is 1. The van der Waals surface area contributed by atoms with Crippen LogP contribution in [0.25, 0.3) is 11.1 Å². The molecule has 3 rings (SSSR count). The van der Waals surface area contributed by atoms with Gasteiger partial charge in [0.1, 0.15) is 11.6 Å². The fraction of sp³-hybridized carbons (Fsp3) is 0.438. The molecule has 1 atom stereocenters. The number of rotatable bonds is 4. The van der Waals surface area contributed by atoms with Crippen LogP contribution in [0.2, 0.25) is 0 Å².